The van der Waals surface area contributed by atoms with Crippen LogP contribution in [0.2, 0.25) is 0 Å². The average molecular weight is 370 g/mol. The molecule has 1 aromatic heterocycles. The van der Waals surface area contributed by atoms with E-state index in [1.807, 2.05) is 24.4 Å². The van der Waals surface area contributed by atoms with Gasteiger partial charge in [-0.15, -0.1) is 0 Å². The lowest BCUT2D eigenvalue weighted by Gasteiger charge is -2.21. The highest BCUT2D eigenvalue weighted by atomic mass is 16.1. The molecule has 1 fully saturated rings. The second-order valence-corrected chi connectivity index (χ2v) is 7.84. The standard InChI is InChI=1S/C25H26N2O/c1-18-7-9-23(26-15-18)13-20-11-12-27(16-20)25-10-8-21(14-22(25)17-28)24-6-4-3-5-19(24)2/h3-10,14-15,17,20H,11-13,16H2,1-2H3. The van der Waals surface area contributed by atoms with Crippen LogP contribution >= 0.6 is 0 Å². The zero-order valence-corrected chi connectivity index (χ0v) is 16.6. The van der Waals surface area contributed by atoms with Gasteiger partial charge in [0.25, 0.3) is 0 Å². The summed E-state index contributed by atoms with van der Waals surface area (Å²) in [5, 5.41) is 0. The van der Waals surface area contributed by atoms with Gasteiger partial charge in [-0.1, -0.05) is 36.4 Å². The molecule has 1 aliphatic heterocycles. The Bertz CT molecular complexity index is 978. The number of carbonyl (C=O) groups is 1. The highest BCUT2D eigenvalue weighted by Crippen LogP contribution is 2.32. The van der Waals surface area contributed by atoms with Crippen LogP contribution in [0.4, 0.5) is 5.69 Å². The van der Waals surface area contributed by atoms with Crippen LogP contribution in [0, 0.1) is 19.8 Å². The van der Waals surface area contributed by atoms with Crippen LogP contribution in [0.5, 0.6) is 0 Å². The molecule has 1 unspecified atom stereocenters. The largest absolute Gasteiger partial charge is 0.371 e. The van der Waals surface area contributed by atoms with Crippen molar-refractivity contribution in [3.8, 4) is 11.1 Å². The molecule has 0 aliphatic carbocycles. The van der Waals surface area contributed by atoms with Gasteiger partial charge in [-0.2, -0.15) is 0 Å². The molecule has 3 heteroatoms. The van der Waals surface area contributed by atoms with Crippen molar-refractivity contribution in [3.05, 3.63) is 83.2 Å². The highest BCUT2D eigenvalue weighted by molar-refractivity contribution is 5.88. The van der Waals surface area contributed by atoms with Crippen LogP contribution in [0.1, 0.15) is 33.6 Å². The quantitative estimate of drug-likeness (QED) is 0.575. The van der Waals surface area contributed by atoms with Crippen LogP contribution in [0.15, 0.2) is 60.8 Å². The van der Waals surface area contributed by atoms with Gasteiger partial charge in [0.1, 0.15) is 0 Å². The third kappa shape index (κ3) is 3.84. The van der Waals surface area contributed by atoms with Gasteiger partial charge >= 0.3 is 0 Å². The molecule has 0 spiro atoms. The van der Waals surface area contributed by atoms with Gasteiger partial charge in [0.2, 0.25) is 0 Å². The Labute approximate surface area is 167 Å². The zero-order chi connectivity index (χ0) is 19.5. The van der Waals surface area contributed by atoms with E-state index in [1.165, 1.54) is 16.7 Å². The van der Waals surface area contributed by atoms with Gasteiger partial charge in [-0.25, -0.2) is 0 Å². The fraction of sp³-hybridized carbons (Fsp3) is 0.280. The molecule has 2 heterocycles. The van der Waals surface area contributed by atoms with Gasteiger partial charge in [-0.05, 0) is 73.1 Å². The number of aldehydes is 1. The predicted molar refractivity (Wildman–Crippen MR) is 115 cm³/mol. The van der Waals surface area contributed by atoms with E-state index in [-0.39, 0.29) is 0 Å². The van der Waals surface area contributed by atoms with Gasteiger partial charge in [0, 0.05) is 36.2 Å². The molecule has 28 heavy (non-hydrogen) atoms. The number of nitrogens with zero attached hydrogens (tertiary/aromatic N) is 2. The van der Waals surface area contributed by atoms with Crippen molar-refractivity contribution in [2.45, 2.75) is 26.7 Å². The number of rotatable bonds is 5. The molecule has 1 saturated heterocycles. The Morgan fingerprint density at radius 1 is 1.11 bits per heavy atom. The van der Waals surface area contributed by atoms with Gasteiger partial charge in [-0.3, -0.25) is 9.78 Å². The minimum absolute atomic E-state index is 0.575. The van der Waals surface area contributed by atoms with Crippen molar-refractivity contribution in [2.24, 2.45) is 5.92 Å². The SMILES string of the molecule is Cc1ccc(CC2CCN(c3ccc(-c4ccccc4C)cc3C=O)C2)nc1. The van der Waals surface area contributed by atoms with E-state index < -0.39 is 0 Å². The van der Waals surface area contributed by atoms with Crippen molar-refractivity contribution in [3.63, 3.8) is 0 Å². The maximum Gasteiger partial charge on any atom is 0.152 e. The second-order valence-electron chi connectivity index (χ2n) is 7.84. The monoisotopic (exact) mass is 370 g/mol. The molecular weight excluding hydrogens is 344 g/mol. The van der Waals surface area contributed by atoms with Crippen LogP contribution in [-0.4, -0.2) is 24.4 Å². The lowest BCUT2D eigenvalue weighted by atomic mass is 9.98. The first-order valence-corrected chi connectivity index (χ1v) is 9.96. The fourth-order valence-corrected chi connectivity index (χ4v) is 4.13. The topological polar surface area (TPSA) is 33.2 Å². The lowest BCUT2D eigenvalue weighted by molar-refractivity contribution is 0.112. The van der Waals surface area contributed by atoms with E-state index in [4.69, 9.17) is 0 Å². The maximum absolute atomic E-state index is 11.8. The number of hydrogen-bond acceptors (Lipinski definition) is 3. The average Bonchev–Trinajstić information content (AvgIpc) is 3.18. The van der Waals surface area contributed by atoms with Crippen LogP contribution < -0.4 is 4.90 Å². The van der Waals surface area contributed by atoms with E-state index in [1.54, 1.807) is 0 Å². The summed E-state index contributed by atoms with van der Waals surface area (Å²) in [6, 6.07) is 18.8. The first kappa shape index (κ1) is 18.4. The number of anilines is 1. The molecule has 1 atom stereocenters. The molecular formula is C25H26N2O. The summed E-state index contributed by atoms with van der Waals surface area (Å²) in [5.74, 6) is 0.575. The molecule has 0 bridgehead atoms. The molecule has 142 valence electrons. The number of aromatic nitrogens is 1. The molecule has 0 radical (unpaired) electrons. The summed E-state index contributed by atoms with van der Waals surface area (Å²) in [5.41, 5.74) is 7.68. The summed E-state index contributed by atoms with van der Waals surface area (Å²) in [7, 11) is 0. The smallest absolute Gasteiger partial charge is 0.152 e. The number of hydrogen-bond donors (Lipinski definition) is 0. The minimum Gasteiger partial charge on any atom is -0.371 e. The molecule has 4 rings (SSSR count). The molecule has 3 nitrogen and oxygen atoms in total. The Balaban J connectivity index is 1.52. The van der Waals surface area contributed by atoms with Crippen LogP contribution in [0.3, 0.4) is 0 Å². The van der Waals surface area contributed by atoms with E-state index in [0.29, 0.717) is 5.92 Å². The third-order valence-electron chi connectivity index (χ3n) is 5.71. The van der Waals surface area contributed by atoms with Gasteiger partial charge in [0.15, 0.2) is 6.29 Å². The molecule has 0 saturated carbocycles. The van der Waals surface area contributed by atoms with Crippen molar-refractivity contribution in [1.82, 2.24) is 4.98 Å². The predicted octanol–water partition coefficient (Wildman–Crippen LogP) is 5.25. The highest BCUT2D eigenvalue weighted by Gasteiger charge is 2.25. The normalized spacial score (nSPS) is 16.4. The van der Waals surface area contributed by atoms with Gasteiger partial charge in [0.05, 0.1) is 0 Å². The van der Waals surface area contributed by atoms with Crippen LogP contribution in [0.25, 0.3) is 11.1 Å². The minimum atomic E-state index is 0.575. The number of pyridine rings is 1. The van der Waals surface area contributed by atoms with E-state index in [9.17, 15) is 4.79 Å². The second kappa shape index (κ2) is 7.97. The lowest BCUT2D eigenvalue weighted by Crippen LogP contribution is -2.21. The third-order valence-corrected chi connectivity index (χ3v) is 5.71. The summed E-state index contributed by atoms with van der Waals surface area (Å²) in [6.45, 7) is 6.13. The molecule has 0 N–H and O–H groups in total. The fourth-order valence-electron chi connectivity index (χ4n) is 4.13. The van der Waals surface area contributed by atoms with Crippen molar-refractivity contribution in [2.75, 3.05) is 18.0 Å². The first-order valence-electron chi connectivity index (χ1n) is 9.96. The Kier molecular flexibility index (Phi) is 5.25. The number of carbonyl (C=O) groups excluding carboxylic acids is 1. The molecule has 2 aromatic carbocycles. The molecule has 0 amide bonds. The number of benzene rings is 2. The Morgan fingerprint density at radius 2 is 1.96 bits per heavy atom. The van der Waals surface area contributed by atoms with Gasteiger partial charge < -0.3 is 4.90 Å². The van der Waals surface area contributed by atoms with Crippen molar-refractivity contribution >= 4 is 12.0 Å². The van der Waals surface area contributed by atoms with Crippen molar-refractivity contribution < 1.29 is 4.79 Å². The zero-order valence-electron chi connectivity index (χ0n) is 16.6. The summed E-state index contributed by atoms with van der Waals surface area (Å²) >= 11 is 0. The van der Waals surface area contributed by atoms with Crippen LogP contribution in [-0.2, 0) is 6.42 Å². The Hall–Kier alpha value is -2.94. The Morgan fingerprint density at radius 3 is 2.71 bits per heavy atom. The van der Waals surface area contributed by atoms with Crippen molar-refractivity contribution in [1.29, 1.82) is 0 Å². The summed E-state index contributed by atoms with van der Waals surface area (Å²) in [6.07, 6.45) is 5.06. The first-order chi connectivity index (χ1) is 13.6. The molecule has 3 aromatic rings. The maximum atomic E-state index is 11.8. The number of aryl methyl sites for hydroxylation is 2. The van der Waals surface area contributed by atoms with E-state index in [0.717, 1.165) is 54.7 Å². The summed E-state index contributed by atoms with van der Waals surface area (Å²) in [4.78, 5) is 18.7. The van der Waals surface area contributed by atoms with E-state index >= 15 is 0 Å². The van der Waals surface area contributed by atoms with E-state index in [2.05, 4.69) is 60.1 Å². The molecule has 1 aliphatic rings. The summed E-state index contributed by atoms with van der Waals surface area (Å²) < 4.78 is 0.